The summed E-state index contributed by atoms with van der Waals surface area (Å²) in [6.45, 7) is 5.82. The van der Waals surface area contributed by atoms with Crippen LogP contribution in [0.2, 0.25) is 10.0 Å². The number of hydrogen-bond donors (Lipinski definition) is 1. The Kier molecular flexibility index (Phi) is 9.73. The van der Waals surface area contributed by atoms with Gasteiger partial charge in [0.15, 0.2) is 11.5 Å². The van der Waals surface area contributed by atoms with Gasteiger partial charge in [-0.15, -0.1) is 0 Å². The zero-order valence-corrected chi connectivity index (χ0v) is 21.4. The highest BCUT2D eigenvalue weighted by Gasteiger charge is 2.15. The molecular weight excluding hydrogens is 509 g/mol. The van der Waals surface area contributed by atoms with E-state index in [2.05, 4.69) is 64.6 Å². The summed E-state index contributed by atoms with van der Waals surface area (Å²) in [7, 11) is 0. The SMILES string of the molecule is CCCC(NCc1cc(Br)c(OCc2ccc(Cl)c(Cl)c2)c(OCC)c1)c1ccccc1. The van der Waals surface area contributed by atoms with E-state index in [-0.39, 0.29) is 0 Å². The van der Waals surface area contributed by atoms with Crippen LogP contribution in [0.3, 0.4) is 0 Å². The van der Waals surface area contributed by atoms with E-state index >= 15 is 0 Å². The van der Waals surface area contributed by atoms with Crippen LogP contribution in [-0.4, -0.2) is 6.61 Å². The fourth-order valence-corrected chi connectivity index (χ4v) is 4.44. The summed E-state index contributed by atoms with van der Waals surface area (Å²) in [6, 6.07) is 20.5. The Morgan fingerprint density at radius 1 is 0.906 bits per heavy atom. The summed E-state index contributed by atoms with van der Waals surface area (Å²) < 4.78 is 12.8. The number of ether oxygens (including phenoxy) is 2. The van der Waals surface area contributed by atoms with E-state index < -0.39 is 0 Å². The van der Waals surface area contributed by atoms with Crippen LogP contribution in [0.15, 0.2) is 65.1 Å². The van der Waals surface area contributed by atoms with Gasteiger partial charge in [-0.3, -0.25) is 0 Å². The first-order chi connectivity index (χ1) is 15.5. The van der Waals surface area contributed by atoms with Crippen molar-refractivity contribution in [1.82, 2.24) is 5.32 Å². The van der Waals surface area contributed by atoms with E-state index in [4.69, 9.17) is 32.7 Å². The average Bonchev–Trinajstić information content (AvgIpc) is 2.79. The van der Waals surface area contributed by atoms with Gasteiger partial charge in [-0.1, -0.05) is 72.9 Å². The summed E-state index contributed by atoms with van der Waals surface area (Å²) in [6.07, 6.45) is 2.19. The van der Waals surface area contributed by atoms with Gasteiger partial charge in [0, 0.05) is 12.6 Å². The van der Waals surface area contributed by atoms with Gasteiger partial charge in [0.05, 0.1) is 21.1 Å². The Bertz CT molecular complexity index is 1010. The van der Waals surface area contributed by atoms with Crippen molar-refractivity contribution in [2.45, 2.75) is 45.9 Å². The topological polar surface area (TPSA) is 30.5 Å². The molecule has 6 heteroatoms. The third kappa shape index (κ3) is 6.89. The molecule has 0 amide bonds. The van der Waals surface area contributed by atoms with Crippen molar-refractivity contribution in [3.63, 3.8) is 0 Å². The highest BCUT2D eigenvalue weighted by atomic mass is 79.9. The molecule has 3 aromatic carbocycles. The lowest BCUT2D eigenvalue weighted by Crippen LogP contribution is -2.21. The van der Waals surface area contributed by atoms with E-state index in [1.54, 1.807) is 6.07 Å². The maximum Gasteiger partial charge on any atom is 0.175 e. The van der Waals surface area contributed by atoms with E-state index in [1.807, 2.05) is 25.1 Å². The van der Waals surface area contributed by atoms with Crippen molar-refractivity contribution in [3.8, 4) is 11.5 Å². The van der Waals surface area contributed by atoms with Crippen molar-refractivity contribution in [2.24, 2.45) is 0 Å². The second-order valence-corrected chi connectivity index (χ2v) is 9.18. The molecule has 0 aliphatic carbocycles. The molecule has 32 heavy (non-hydrogen) atoms. The minimum atomic E-state index is 0.307. The summed E-state index contributed by atoms with van der Waals surface area (Å²) in [5.41, 5.74) is 3.36. The van der Waals surface area contributed by atoms with Gasteiger partial charge < -0.3 is 14.8 Å². The van der Waals surface area contributed by atoms with Gasteiger partial charge >= 0.3 is 0 Å². The van der Waals surface area contributed by atoms with E-state index in [0.29, 0.717) is 40.8 Å². The van der Waals surface area contributed by atoms with Crippen LogP contribution in [0.4, 0.5) is 0 Å². The van der Waals surface area contributed by atoms with Crippen LogP contribution >= 0.6 is 39.1 Å². The molecule has 0 fully saturated rings. The lowest BCUT2D eigenvalue weighted by atomic mass is 10.0. The minimum Gasteiger partial charge on any atom is -0.490 e. The second kappa shape index (κ2) is 12.5. The van der Waals surface area contributed by atoms with Crippen LogP contribution in [0.25, 0.3) is 0 Å². The molecule has 0 saturated carbocycles. The van der Waals surface area contributed by atoms with E-state index in [9.17, 15) is 0 Å². The van der Waals surface area contributed by atoms with Crippen LogP contribution in [-0.2, 0) is 13.2 Å². The Morgan fingerprint density at radius 3 is 2.38 bits per heavy atom. The Morgan fingerprint density at radius 2 is 1.69 bits per heavy atom. The second-order valence-electron chi connectivity index (χ2n) is 7.51. The highest BCUT2D eigenvalue weighted by molar-refractivity contribution is 9.10. The molecule has 1 unspecified atom stereocenters. The van der Waals surface area contributed by atoms with Crippen molar-refractivity contribution in [1.29, 1.82) is 0 Å². The van der Waals surface area contributed by atoms with Crippen molar-refractivity contribution >= 4 is 39.1 Å². The molecule has 0 heterocycles. The third-order valence-corrected chi connectivity index (χ3v) is 6.40. The zero-order chi connectivity index (χ0) is 22.9. The molecule has 0 aliphatic heterocycles. The monoisotopic (exact) mass is 535 g/mol. The molecule has 3 aromatic rings. The molecule has 3 rings (SSSR count). The summed E-state index contributed by atoms with van der Waals surface area (Å²) in [5.74, 6) is 1.39. The van der Waals surface area contributed by atoms with Crippen molar-refractivity contribution < 1.29 is 9.47 Å². The molecule has 0 saturated heterocycles. The fraction of sp³-hybridized carbons (Fsp3) is 0.308. The van der Waals surface area contributed by atoms with Gasteiger partial charge in [-0.25, -0.2) is 0 Å². The molecule has 0 aromatic heterocycles. The molecule has 1 atom stereocenters. The fourth-order valence-electron chi connectivity index (χ4n) is 3.51. The average molecular weight is 537 g/mol. The lowest BCUT2D eigenvalue weighted by molar-refractivity contribution is 0.267. The third-order valence-electron chi connectivity index (χ3n) is 5.07. The molecule has 0 radical (unpaired) electrons. The lowest BCUT2D eigenvalue weighted by Gasteiger charge is -2.20. The van der Waals surface area contributed by atoms with Crippen LogP contribution in [0.1, 0.15) is 49.4 Å². The Balaban J connectivity index is 1.74. The number of rotatable bonds is 11. The summed E-state index contributed by atoms with van der Waals surface area (Å²) >= 11 is 15.8. The number of hydrogen-bond acceptors (Lipinski definition) is 3. The maximum atomic E-state index is 6.13. The van der Waals surface area contributed by atoms with Gasteiger partial charge in [0.2, 0.25) is 0 Å². The normalized spacial score (nSPS) is 11.9. The smallest absolute Gasteiger partial charge is 0.175 e. The molecule has 0 spiro atoms. The quantitative estimate of drug-likeness (QED) is 0.267. The molecule has 3 nitrogen and oxygen atoms in total. The van der Waals surface area contributed by atoms with Crippen LogP contribution in [0, 0.1) is 0 Å². The molecule has 170 valence electrons. The van der Waals surface area contributed by atoms with Crippen molar-refractivity contribution in [3.05, 3.63) is 91.9 Å². The molecule has 0 bridgehead atoms. The standard InChI is InChI=1S/C26H28BrCl2NO2/c1-3-8-24(20-9-6-5-7-10-20)30-16-19-13-21(27)26(25(15-19)31-4-2)32-17-18-11-12-22(28)23(29)14-18/h5-7,9-15,24,30H,3-4,8,16-17H2,1-2H3. The van der Waals surface area contributed by atoms with E-state index in [1.165, 1.54) is 5.56 Å². The molecular formula is C26H28BrCl2NO2. The van der Waals surface area contributed by atoms with Gasteiger partial charge in [-0.2, -0.15) is 0 Å². The highest BCUT2D eigenvalue weighted by Crippen LogP contribution is 2.38. The first kappa shape index (κ1) is 24.9. The van der Waals surface area contributed by atoms with E-state index in [0.717, 1.165) is 35.0 Å². The van der Waals surface area contributed by atoms with Crippen molar-refractivity contribution in [2.75, 3.05) is 6.61 Å². The van der Waals surface area contributed by atoms with Crippen LogP contribution in [0.5, 0.6) is 11.5 Å². The zero-order valence-electron chi connectivity index (χ0n) is 18.3. The first-order valence-electron chi connectivity index (χ1n) is 10.8. The van der Waals surface area contributed by atoms with Gasteiger partial charge in [0.1, 0.15) is 6.61 Å². The number of benzene rings is 3. The summed E-state index contributed by atoms with van der Waals surface area (Å²) in [5, 5.41) is 4.73. The predicted octanol–water partition coefficient (Wildman–Crippen LogP) is 8.36. The number of nitrogens with one attached hydrogen (secondary N) is 1. The first-order valence-corrected chi connectivity index (χ1v) is 12.4. The molecule has 0 aliphatic rings. The van der Waals surface area contributed by atoms with Gasteiger partial charge in [0.25, 0.3) is 0 Å². The largest absolute Gasteiger partial charge is 0.490 e. The Hall–Kier alpha value is -1.72. The number of halogens is 3. The predicted molar refractivity (Wildman–Crippen MR) is 137 cm³/mol. The maximum absolute atomic E-state index is 6.13. The van der Waals surface area contributed by atoms with Gasteiger partial charge in [-0.05, 0) is 70.2 Å². The molecule has 1 N–H and O–H groups in total. The van der Waals surface area contributed by atoms with Crippen LogP contribution < -0.4 is 14.8 Å². The Labute approximate surface area is 209 Å². The minimum absolute atomic E-state index is 0.307. The summed E-state index contributed by atoms with van der Waals surface area (Å²) in [4.78, 5) is 0.